The van der Waals surface area contributed by atoms with E-state index in [4.69, 9.17) is 28.7 Å². The lowest BCUT2D eigenvalue weighted by atomic mass is 9.55. The molecule has 334 valence electrons. The van der Waals surface area contributed by atoms with Gasteiger partial charge in [-0.3, -0.25) is 19.9 Å². The molecule has 6 unspecified atom stereocenters. The molecule has 2 aromatic rings. The van der Waals surface area contributed by atoms with Crippen LogP contribution in [0.1, 0.15) is 127 Å². The van der Waals surface area contributed by atoms with E-state index in [-0.39, 0.29) is 43.7 Å². The maximum atomic E-state index is 15.2. The molecule has 2 fully saturated rings. The monoisotopic (exact) mass is 858 g/mol. The first-order chi connectivity index (χ1) is 29.9. The normalized spacial score (nSPS) is 28.2. The van der Waals surface area contributed by atoms with Gasteiger partial charge in [0.15, 0.2) is 22.8 Å². The molecule has 0 radical (unpaired) electrons. The third kappa shape index (κ3) is 7.06. The molecule has 0 amide bonds. The largest absolute Gasteiger partial charge is 0.482 e. The molecule has 2 bridgehead atoms. The van der Waals surface area contributed by atoms with Crippen molar-refractivity contribution in [3.63, 3.8) is 0 Å². The highest BCUT2D eigenvalue weighted by molar-refractivity contribution is 6.30. The molecule has 1 saturated heterocycles. The second-order valence-corrected chi connectivity index (χ2v) is 19.2. The number of carbonyl (C=O) groups is 3. The molecule has 63 heavy (non-hydrogen) atoms. The number of aliphatic imine (C=N–C) groups is 1. The van der Waals surface area contributed by atoms with Gasteiger partial charge in [-0.15, -0.1) is 0 Å². The average Bonchev–Trinajstić information content (AvgIpc) is 3.58. The molecular weight excluding hydrogens is 797 g/mol. The van der Waals surface area contributed by atoms with E-state index < -0.39 is 40.2 Å². The number of Topliss-reactive ketones (excluding diaryl/α,β-unsaturated/α-hetero) is 2. The van der Waals surface area contributed by atoms with Crippen LogP contribution in [0.15, 0.2) is 75.9 Å². The number of rotatable bonds is 13. The highest BCUT2D eigenvalue weighted by atomic mass is 16.6. The minimum atomic E-state index is -1.63. The van der Waals surface area contributed by atoms with Crippen molar-refractivity contribution in [2.24, 2.45) is 22.7 Å². The van der Waals surface area contributed by atoms with Crippen LogP contribution in [0, 0.1) is 17.8 Å². The first kappa shape index (κ1) is 44.5. The number of ketones is 2. The second kappa shape index (κ2) is 16.5. The number of benzene rings is 2. The predicted molar refractivity (Wildman–Crippen MR) is 243 cm³/mol. The zero-order valence-electron chi connectivity index (χ0n) is 38.5. The molecule has 1 saturated carbocycles. The van der Waals surface area contributed by atoms with E-state index in [2.05, 4.69) is 71.2 Å². The molecule has 2 N–H and O–H groups in total. The number of carbonyl (C=O) groups excluding carboxylic acids is 3. The predicted octanol–water partition coefficient (Wildman–Crippen LogP) is 8.85. The summed E-state index contributed by atoms with van der Waals surface area (Å²) in [4.78, 5) is 48.4. The lowest BCUT2D eigenvalue weighted by Crippen LogP contribution is -2.68. The Morgan fingerprint density at radius 1 is 1.00 bits per heavy atom. The van der Waals surface area contributed by atoms with Crippen LogP contribution in [0.5, 0.6) is 17.2 Å². The van der Waals surface area contributed by atoms with Crippen LogP contribution in [-0.2, 0) is 25.5 Å². The fourth-order valence-electron chi connectivity index (χ4n) is 11.1. The number of ether oxygens (including phenoxy) is 5. The fourth-order valence-corrected chi connectivity index (χ4v) is 11.1. The van der Waals surface area contributed by atoms with Crippen molar-refractivity contribution in [2.45, 2.75) is 123 Å². The minimum Gasteiger partial charge on any atom is -0.482 e. The van der Waals surface area contributed by atoms with Gasteiger partial charge in [0.2, 0.25) is 0 Å². The second-order valence-electron chi connectivity index (χ2n) is 19.2. The SMILES string of the molecule is COC(=O)/C(C)=C\CC12OC(C)(C)C(CCC1=O)C21Oc2c(CC=C(C)C)c3c(c(OCNCCO)c2C2=C1C(C)C1C(=O)c4ccccc4C1=N2)C=CC(C)(CCC=C(C)C)O3. The van der Waals surface area contributed by atoms with Gasteiger partial charge in [-0.25, -0.2) is 4.79 Å². The van der Waals surface area contributed by atoms with Gasteiger partial charge in [0, 0.05) is 53.1 Å². The van der Waals surface area contributed by atoms with Crippen molar-refractivity contribution in [3.05, 3.63) is 98.7 Å². The molecule has 1 spiro atoms. The smallest absolute Gasteiger partial charge is 0.333 e. The Morgan fingerprint density at radius 2 is 1.73 bits per heavy atom. The molecule has 4 heterocycles. The first-order valence-electron chi connectivity index (χ1n) is 22.4. The number of fused-ring (bicyclic) bond motifs is 6. The quantitative estimate of drug-likeness (QED) is 0.0660. The zero-order valence-corrected chi connectivity index (χ0v) is 38.5. The Bertz CT molecular complexity index is 2460. The van der Waals surface area contributed by atoms with Gasteiger partial charge in [-0.1, -0.05) is 60.6 Å². The number of nitrogens with one attached hydrogen (secondary N) is 1. The number of allylic oxidation sites excluding steroid dienone is 4. The first-order valence-corrected chi connectivity index (χ1v) is 22.4. The highest BCUT2D eigenvalue weighted by Crippen LogP contribution is 2.69. The van der Waals surface area contributed by atoms with Crippen LogP contribution < -0.4 is 19.5 Å². The number of hydrogen-bond acceptors (Lipinski definition) is 11. The summed E-state index contributed by atoms with van der Waals surface area (Å²) in [6.45, 7) is 18.4. The topological polar surface area (TPSA) is 142 Å². The lowest BCUT2D eigenvalue weighted by molar-refractivity contribution is -0.167. The van der Waals surface area contributed by atoms with E-state index in [1.165, 1.54) is 12.7 Å². The van der Waals surface area contributed by atoms with Gasteiger partial charge in [0.25, 0.3) is 0 Å². The summed E-state index contributed by atoms with van der Waals surface area (Å²) < 4.78 is 34.3. The third-order valence-corrected chi connectivity index (χ3v) is 14.0. The molecule has 2 aliphatic carbocycles. The van der Waals surface area contributed by atoms with Gasteiger partial charge in [-0.2, -0.15) is 0 Å². The van der Waals surface area contributed by atoms with Crippen LogP contribution in [0.25, 0.3) is 11.8 Å². The van der Waals surface area contributed by atoms with Crippen LogP contribution in [0.2, 0.25) is 0 Å². The molecule has 0 aromatic heterocycles. The standard InChI is InChI=1S/C52H62N2O9/c1-29(2)14-13-23-50(9)24-22-36-45(61-50)35(18-17-30(3)4)47-40(46(36)60-28-53-26-27-55)43-41(32(6)39-42(54-43)33-15-11-12-16-34(33)44(39)57)52(62-47)37-19-20-38(56)51(52,63-49(37,7)8)25-21-31(5)48(58)59-10/h11-12,14-17,21-22,24,32,37,39,53,55H,13,18-20,23,25-28H2,1-10H3/b31-21-. The maximum absolute atomic E-state index is 15.2. The van der Waals surface area contributed by atoms with E-state index >= 15 is 4.79 Å². The Morgan fingerprint density at radius 3 is 2.43 bits per heavy atom. The van der Waals surface area contributed by atoms with Crippen LogP contribution in [0.3, 0.4) is 0 Å². The summed E-state index contributed by atoms with van der Waals surface area (Å²) >= 11 is 0. The molecule has 6 atom stereocenters. The van der Waals surface area contributed by atoms with Gasteiger partial charge in [0.05, 0.1) is 47.8 Å². The molecule has 2 aromatic carbocycles. The van der Waals surface area contributed by atoms with Gasteiger partial charge < -0.3 is 28.8 Å². The Kier molecular flexibility index (Phi) is 11.6. The number of methoxy groups -OCH3 is 1. The summed E-state index contributed by atoms with van der Waals surface area (Å²) in [5.74, 6) is -0.630. The summed E-state index contributed by atoms with van der Waals surface area (Å²) in [5, 5.41) is 12.9. The molecule has 4 aliphatic heterocycles. The Balaban J connectivity index is 1.50. The average molecular weight is 859 g/mol. The molecule has 6 aliphatic rings. The van der Waals surface area contributed by atoms with Crippen molar-refractivity contribution in [1.82, 2.24) is 5.32 Å². The summed E-state index contributed by atoms with van der Waals surface area (Å²) in [5.41, 5.74) is 3.46. The van der Waals surface area contributed by atoms with Crippen molar-refractivity contribution < 1.29 is 43.2 Å². The van der Waals surface area contributed by atoms with Crippen molar-refractivity contribution in [2.75, 3.05) is 27.0 Å². The van der Waals surface area contributed by atoms with E-state index in [9.17, 15) is 14.7 Å². The fraction of sp³-hybridized carbons (Fsp3) is 0.500. The third-order valence-electron chi connectivity index (χ3n) is 14.0. The number of aliphatic hydroxyl groups excluding tert-OH is 1. The number of nitrogens with zero attached hydrogens (tertiary/aromatic N) is 1. The molecule has 8 rings (SSSR count). The summed E-state index contributed by atoms with van der Waals surface area (Å²) in [7, 11) is 1.34. The highest BCUT2D eigenvalue weighted by Gasteiger charge is 2.78. The molecule has 11 nitrogen and oxygen atoms in total. The van der Waals surface area contributed by atoms with Crippen LogP contribution in [0.4, 0.5) is 0 Å². The van der Waals surface area contributed by atoms with Crippen molar-refractivity contribution in [3.8, 4) is 17.2 Å². The van der Waals surface area contributed by atoms with Gasteiger partial charge >= 0.3 is 5.97 Å². The number of esters is 1. The lowest BCUT2D eigenvalue weighted by Gasteiger charge is -2.55. The van der Waals surface area contributed by atoms with E-state index in [1.54, 1.807) is 13.0 Å². The van der Waals surface area contributed by atoms with Crippen molar-refractivity contribution >= 4 is 35.0 Å². The molecular formula is C52H62N2O9. The van der Waals surface area contributed by atoms with Crippen molar-refractivity contribution in [1.29, 1.82) is 0 Å². The van der Waals surface area contributed by atoms with Gasteiger partial charge in [-0.05, 0) is 99.1 Å². The number of hydrogen-bond donors (Lipinski definition) is 2. The zero-order chi connectivity index (χ0) is 45.2. The van der Waals surface area contributed by atoms with E-state index in [0.29, 0.717) is 70.3 Å². The Hall–Kier alpha value is -5.10. The van der Waals surface area contributed by atoms with E-state index in [1.807, 2.05) is 38.1 Å². The Labute approximate surface area is 371 Å². The summed E-state index contributed by atoms with van der Waals surface area (Å²) in [6, 6.07) is 7.62. The van der Waals surface area contributed by atoms with Crippen LogP contribution >= 0.6 is 0 Å². The maximum Gasteiger partial charge on any atom is 0.333 e. The van der Waals surface area contributed by atoms with E-state index in [0.717, 1.165) is 35.1 Å². The van der Waals surface area contributed by atoms with Crippen LogP contribution in [-0.4, -0.2) is 77.8 Å². The minimum absolute atomic E-state index is 0.0191. The molecule has 11 heteroatoms. The number of aliphatic hydroxyl groups is 1. The van der Waals surface area contributed by atoms with Gasteiger partial charge in [0.1, 0.15) is 29.6 Å². The summed E-state index contributed by atoms with van der Waals surface area (Å²) in [6.07, 6.45) is 13.0.